The van der Waals surface area contributed by atoms with Gasteiger partial charge >= 0.3 is 0 Å². The molecule has 2 saturated carbocycles. The Hall–Kier alpha value is -1.84. The Labute approximate surface area is 143 Å². The second-order valence-corrected chi connectivity index (χ2v) is 7.68. The molecule has 24 heavy (non-hydrogen) atoms. The van der Waals surface area contributed by atoms with Crippen LogP contribution in [-0.2, 0) is 15.0 Å². The van der Waals surface area contributed by atoms with Crippen molar-refractivity contribution >= 4 is 23.2 Å². The molecule has 2 N–H and O–H groups in total. The van der Waals surface area contributed by atoms with Gasteiger partial charge in [-0.2, -0.15) is 0 Å². The van der Waals surface area contributed by atoms with Gasteiger partial charge in [-0.25, -0.2) is 0 Å². The average Bonchev–Trinajstić information content (AvgIpc) is 2.88. The molecule has 1 aromatic rings. The zero-order chi connectivity index (χ0) is 16.6. The Morgan fingerprint density at radius 3 is 2.50 bits per heavy atom. The van der Waals surface area contributed by atoms with Crippen molar-refractivity contribution in [2.24, 2.45) is 5.92 Å². The molecule has 4 rings (SSSR count). The third-order valence-corrected chi connectivity index (χ3v) is 6.17. The van der Waals surface area contributed by atoms with E-state index in [2.05, 4.69) is 10.6 Å². The van der Waals surface area contributed by atoms with E-state index in [1.165, 1.54) is 12.8 Å². The predicted octanol–water partition coefficient (Wildman–Crippen LogP) is 4.36. The second-order valence-electron chi connectivity index (χ2n) is 7.68. The minimum absolute atomic E-state index is 0.143. The van der Waals surface area contributed by atoms with Crippen molar-refractivity contribution in [3.63, 3.8) is 0 Å². The van der Waals surface area contributed by atoms with Crippen LogP contribution in [0.25, 0.3) is 0 Å². The standard InChI is InChI=1S/C20H26N2O2/c23-18(14-7-3-1-4-8-14)21-15-9-10-17-16(13-15)20(19(24)22-17)11-5-2-6-12-20/h9-10,13-14H,1-8,11-12H2,(H,21,23)(H,22,24). The number of amides is 2. The fourth-order valence-electron chi connectivity index (χ4n) is 4.75. The summed E-state index contributed by atoms with van der Waals surface area (Å²) >= 11 is 0. The van der Waals surface area contributed by atoms with Crippen LogP contribution in [-0.4, -0.2) is 11.8 Å². The Balaban J connectivity index is 1.57. The first kappa shape index (κ1) is 15.7. The molecule has 1 aromatic carbocycles. The van der Waals surface area contributed by atoms with Crippen molar-refractivity contribution in [3.8, 4) is 0 Å². The fourth-order valence-corrected chi connectivity index (χ4v) is 4.75. The van der Waals surface area contributed by atoms with E-state index < -0.39 is 0 Å². The predicted molar refractivity (Wildman–Crippen MR) is 95.0 cm³/mol. The summed E-state index contributed by atoms with van der Waals surface area (Å²) in [5.41, 5.74) is 2.50. The largest absolute Gasteiger partial charge is 0.326 e. The van der Waals surface area contributed by atoms with Crippen LogP contribution in [0.15, 0.2) is 18.2 Å². The third kappa shape index (κ3) is 2.62. The van der Waals surface area contributed by atoms with Crippen LogP contribution in [0.4, 0.5) is 11.4 Å². The number of benzene rings is 1. The van der Waals surface area contributed by atoms with Crippen molar-refractivity contribution in [1.29, 1.82) is 0 Å². The number of carbonyl (C=O) groups is 2. The van der Waals surface area contributed by atoms with Crippen LogP contribution in [0.1, 0.15) is 69.8 Å². The van der Waals surface area contributed by atoms with Crippen molar-refractivity contribution in [1.82, 2.24) is 0 Å². The highest BCUT2D eigenvalue weighted by molar-refractivity contribution is 6.07. The molecular weight excluding hydrogens is 300 g/mol. The van der Waals surface area contributed by atoms with Gasteiger partial charge in [0.05, 0.1) is 5.41 Å². The lowest BCUT2D eigenvalue weighted by Crippen LogP contribution is -2.36. The van der Waals surface area contributed by atoms with Gasteiger partial charge in [-0.3, -0.25) is 9.59 Å². The smallest absolute Gasteiger partial charge is 0.235 e. The third-order valence-electron chi connectivity index (χ3n) is 6.17. The molecule has 2 fully saturated rings. The first-order valence-electron chi connectivity index (χ1n) is 9.46. The summed E-state index contributed by atoms with van der Waals surface area (Å²) in [6, 6.07) is 5.91. The highest BCUT2D eigenvalue weighted by atomic mass is 16.2. The topological polar surface area (TPSA) is 58.2 Å². The Bertz CT molecular complexity index is 656. The molecule has 2 aliphatic carbocycles. The van der Waals surface area contributed by atoms with Gasteiger partial charge in [-0.05, 0) is 49.4 Å². The highest BCUT2D eigenvalue weighted by Crippen LogP contribution is 2.48. The van der Waals surface area contributed by atoms with Gasteiger partial charge in [-0.15, -0.1) is 0 Å². The molecule has 0 aromatic heterocycles. The first-order valence-corrected chi connectivity index (χ1v) is 9.46. The van der Waals surface area contributed by atoms with E-state index in [1.54, 1.807) is 0 Å². The van der Waals surface area contributed by atoms with Gasteiger partial charge in [-0.1, -0.05) is 38.5 Å². The summed E-state index contributed by atoms with van der Waals surface area (Å²) in [7, 11) is 0. The van der Waals surface area contributed by atoms with E-state index in [-0.39, 0.29) is 23.1 Å². The summed E-state index contributed by atoms with van der Waals surface area (Å²) in [5.74, 6) is 0.438. The lowest BCUT2D eigenvalue weighted by atomic mass is 9.70. The number of nitrogens with one attached hydrogen (secondary N) is 2. The Kier molecular flexibility index (Phi) is 4.07. The molecule has 3 aliphatic rings. The molecule has 0 atom stereocenters. The summed E-state index contributed by atoms with van der Waals surface area (Å²) < 4.78 is 0. The normalized spacial score (nSPS) is 22.9. The molecule has 128 valence electrons. The van der Waals surface area contributed by atoms with E-state index in [1.807, 2.05) is 18.2 Å². The number of carbonyl (C=O) groups excluding carboxylic acids is 2. The maximum Gasteiger partial charge on any atom is 0.235 e. The lowest BCUT2D eigenvalue weighted by molar-refractivity contribution is -0.122. The summed E-state index contributed by atoms with van der Waals surface area (Å²) in [6.07, 6.45) is 10.8. The lowest BCUT2D eigenvalue weighted by Gasteiger charge is -2.31. The van der Waals surface area contributed by atoms with E-state index in [0.717, 1.165) is 68.3 Å². The first-order chi connectivity index (χ1) is 11.7. The summed E-state index contributed by atoms with van der Waals surface area (Å²) in [5, 5.41) is 6.15. The van der Waals surface area contributed by atoms with Gasteiger partial charge in [0.15, 0.2) is 0 Å². The van der Waals surface area contributed by atoms with Crippen molar-refractivity contribution in [2.45, 2.75) is 69.6 Å². The SMILES string of the molecule is O=C(Nc1ccc2c(c1)C1(CCCCC1)C(=O)N2)C1CCCCC1. The molecule has 0 radical (unpaired) electrons. The van der Waals surface area contributed by atoms with Crippen LogP contribution < -0.4 is 10.6 Å². The average molecular weight is 326 g/mol. The van der Waals surface area contributed by atoms with Gasteiger partial charge in [0.2, 0.25) is 11.8 Å². The Morgan fingerprint density at radius 2 is 1.75 bits per heavy atom. The molecule has 4 nitrogen and oxygen atoms in total. The molecule has 0 bridgehead atoms. The van der Waals surface area contributed by atoms with E-state index in [9.17, 15) is 9.59 Å². The van der Waals surface area contributed by atoms with Crippen molar-refractivity contribution in [3.05, 3.63) is 23.8 Å². The minimum atomic E-state index is -0.362. The van der Waals surface area contributed by atoms with Crippen LogP contribution in [0, 0.1) is 5.92 Å². The minimum Gasteiger partial charge on any atom is -0.326 e. The zero-order valence-corrected chi connectivity index (χ0v) is 14.2. The van der Waals surface area contributed by atoms with Crippen molar-refractivity contribution in [2.75, 3.05) is 10.6 Å². The number of anilines is 2. The van der Waals surface area contributed by atoms with Gasteiger partial charge < -0.3 is 10.6 Å². The highest BCUT2D eigenvalue weighted by Gasteiger charge is 2.47. The number of hydrogen-bond acceptors (Lipinski definition) is 2. The molecule has 1 spiro atoms. The van der Waals surface area contributed by atoms with Crippen LogP contribution in [0.3, 0.4) is 0 Å². The Morgan fingerprint density at radius 1 is 1.04 bits per heavy atom. The molecule has 4 heteroatoms. The monoisotopic (exact) mass is 326 g/mol. The second kappa shape index (κ2) is 6.23. The van der Waals surface area contributed by atoms with Gasteiger partial charge in [0, 0.05) is 17.3 Å². The molecule has 1 aliphatic heterocycles. The van der Waals surface area contributed by atoms with E-state index in [4.69, 9.17) is 0 Å². The quantitative estimate of drug-likeness (QED) is 0.848. The van der Waals surface area contributed by atoms with Gasteiger partial charge in [0.25, 0.3) is 0 Å². The van der Waals surface area contributed by atoms with E-state index in [0.29, 0.717) is 0 Å². The zero-order valence-electron chi connectivity index (χ0n) is 14.2. The van der Waals surface area contributed by atoms with Gasteiger partial charge in [0.1, 0.15) is 0 Å². The van der Waals surface area contributed by atoms with E-state index >= 15 is 0 Å². The maximum absolute atomic E-state index is 12.6. The molecule has 2 amide bonds. The van der Waals surface area contributed by atoms with Crippen LogP contribution in [0.2, 0.25) is 0 Å². The summed E-state index contributed by atoms with van der Waals surface area (Å²) in [4.78, 5) is 25.1. The van der Waals surface area contributed by atoms with Crippen LogP contribution >= 0.6 is 0 Å². The fraction of sp³-hybridized carbons (Fsp3) is 0.600. The van der Waals surface area contributed by atoms with Crippen molar-refractivity contribution < 1.29 is 9.59 Å². The molecule has 0 saturated heterocycles. The molecular formula is C20H26N2O2. The van der Waals surface area contributed by atoms with Crippen LogP contribution in [0.5, 0.6) is 0 Å². The number of rotatable bonds is 2. The summed E-state index contributed by atoms with van der Waals surface area (Å²) in [6.45, 7) is 0. The maximum atomic E-state index is 12.6. The number of hydrogen-bond donors (Lipinski definition) is 2. The molecule has 1 heterocycles. The molecule has 0 unspecified atom stereocenters. The number of fused-ring (bicyclic) bond motifs is 2.